The summed E-state index contributed by atoms with van der Waals surface area (Å²) < 4.78 is 16.8. The summed E-state index contributed by atoms with van der Waals surface area (Å²) in [6.07, 6.45) is 85.9. The zero-order valence-electron chi connectivity index (χ0n) is 47.8. The summed E-state index contributed by atoms with van der Waals surface area (Å²) in [5.41, 5.74) is 0. The molecule has 0 saturated carbocycles. The van der Waals surface area contributed by atoms with Crippen LogP contribution in [0.4, 0.5) is 0 Å². The summed E-state index contributed by atoms with van der Waals surface area (Å²) in [5.74, 6) is -0.994. The highest BCUT2D eigenvalue weighted by molar-refractivity contribution is 5.71. The van der Waals surface area contributed by atoms with Crippen LogP contribution in [0.2, 0.25) is 0 Å². The Kier molecular flexibility index (Phi) is 57.4. The second kappa shape index (κ2) is 61.1. The molecule has 0 aromatic carbocycles. The molecule has 1 unspecified atom stereocenters. The number of hydrogen-bond donors (Lipinski definition) is 0. The van der Waals surface area contributed by atoms with Crippen molar-refractivity contribution in [3.8, 4) is 0 Å². The molecule has 6 nitrogen and oxygen atoms in total. The number of hydrogen-bond acceptors (Lipinski definition) is 6. The van der Waals surface area contributed by atoms with Gasteiger partial charge in [0.25, 0.3) is 0 Å². The van der Waals surface area contributed by atoms with Crippen LogP contribution in [-0.4, -0.2) is 37.2 Å². The molecule has 0 saturated heterocycles. The van der Waals surface area contributed by atoms with Gasteiger partial charge in [0.2, 0.25) is 0 Å². The Bertz CT molecular complexity index is 1600. The fourth-order valence-corrected chi connectivity index (χ4v) is 7.84. The minimum absolute atomic E-state index is 0.111. The maximum Gasteiger partial charge on any atom is 0.306 e. The lowest BCUT2D eigenvalue weighted by atomic mass is 10.1. The largest absolute Gasteiger partial charge is 0.462 e. The Labute approximate surface area is 455 Å². The zero-order chi connectivity index (χ0) is 53.6. The fourth-order valence-electron chi connectivity index (χ4n) is 7.84. The summed E-state index contributed by atoms with van der Waals surface area (Å²) in [6.45, 7) is 6.41. The molecule has 0 N–H and O–H groups in total. The quantitative estimate of drug-likeness (QED) is 0.0261. The lowest BCUT2D eigenvalue weighted by Crippen LogP contribution is -2.30. The van der Waals surface area contributed by atoms with E-state index in [9.17, 15) is 14.4 Å². The molecule has 418 valence electrons. The van der Waals surface area contributed by atoms with Crippen molar-refractivity contribution in [1.82, 2.24) is 0 Å². The molecule has 0 aromatic rings. The summed E-state index contributed by atoms with van der Waals surface area (Å²) in [5, 5.41) is 0. The van der Waals surface area contributed by atoms with E-state index in [0.717, 1.165) is 128 Å². The molecule has 0 aromatic heterocycles. The normalized spacial score (nSPS) is 13.1. The van der Waals surface area contributed by atoms with Crippen molar-refractivity contribution < 1.29 is 28.6 Å². The van der Waals surface area contributed by atoms with Crippen molar-refractivity contribution in [2.45, 2.75) is 264 Å². The molecule has 0 radical (unpaired) electrons. The van der Waals surface area contributed by atoms with E-state index in [0.29, 0.717) is 19.3 Å². The number of rotatable bonds is 53. The van der Waals surface area contributed by atoms with Crippen LogP contribution < -0.4 is 0 Å². The van der Waals surface area contributed by atoms with Gasteiger partial charge in [-0.25, -0.2) is 0 Å². The third kappa shape index (κ3) is 58.4. The van der Waals surface area contributed by atoms with Gasteiger partial charge in [0.1, 0.15) is 13.2 Å². The lowest BCUT2D eigenvalue weighted by Gasteiger charge is -2.18. The van der Waals surface area contributed by atoms with E-state index in [1.54, 1.807) is 0 Å². The molecule has 6 heteroatoms. The van der Waals surface area contributed by atoms with Gasteiger partial charge < -0.3 is 14.2 Å². The first-order valence-corrected chi connectivity index (χ1v) is 30.2. The van der Waals surface area contributed by atoms with Crippen LogP contribution in [0.3, 0.4) is 0 Å². The zero-order valence-corrected chi connectivity index (χ0v) is 47.8. The maximum atomic E-state index is 12.9. The molecule has 0 aliphatic heterocycles. The highest BCUT2D eigenvalue weighted by Crippen LogP contribution is 2.14. The SMILES string of the molecule is CC/C=C\C/C=C\C/C=C\C/C=C\C/C=C\C/C=C\C/C=C\CCCC(=O)OCC(COC(=O)CCCCCCC/C=C\C/C=C\CCCCC)OC(=O)CCCCCCCCC/C=C\C/C=C\CCCCCC. The third-order valence-corrected chi connectivity index (χ3v) is 12.4. The Hall–Kier alpha value is -4.45. The number of carbonyl (C=O) groups is 3. The molecule has 1 atom stereocenters. The first kappa shape index (κ1) is 69.5. The molecule has 0 amide bonds. The van der Waals surface area contributed by atoms with Gasteiger partial charge >= 0.3 is 17.9 Å². The summed E-state index contributed by atoms with van der Waals surface area (Å²) in [4.78, 5) is 38.2. The predicted molar refractivity (Wildman–Crippen MR) is 320 cm³/mol. The molecule has 0 bridgehead atoms. The van der Waals surface area contributed by atoms with Crippen LogP contribution in [0.5, 0.6) is 0 Å². The second-order valence-electron chi connectivity index (χ2n) is 19.5. The number of esters is 3. The highest BCUT2D eigenvalue weighted by atomic mass is 16.6. The van der Waals surface area contributed by atoms with Crippen LogP contribution in [0, 0.1) is 0 Å². The van der Waals surface area contributed by atoms with Crippen molar-refractivity contribution in [2.75, 3.05) is 13.2 Å². The van der Waals surface area contributed by atoms with Crippen LogP contribution in [0.15, 0.2) is 134 Å². The lowest BCUT2D eigenvalue weighted by molar-refractivity contribution is -0.167. The van der Waals surface area contributed by atoms with Crippen molar-refractivity contribution in [3.05, 3.63) is 134 Å². The van der Waals surface area contributed by atoms with E-state index in [4.69, 9.17) is 14.2 Å². The molecule has 0 aliphatic carbocycles. The number of ether oxygens (including phenoxy) is 3. The van der Waals surface area contributed by atoms with Crippen molar-refractivity contribution in [1.29, 1.82) is 0 Å². The Balaban J connectivity index is 4.53. The first-order chi connectivity index (χ1) is 36.5. The van der Waals surface area contributed by atoms with Gasteiger partial charge in [-0.3, -0.25) is 14.4 Å². The minimum atomic E-state index is -0.818. The Morgan fingerprint density at radius 2 is 0.541 bits per heavy atom. The Morgan fingerprint density at radius 1 is 0.284 bits per heavy atom. The van der Waals surface area contributed by atoms with Gasteiger partial charge in [-0.05, 0) is 135 Å². The standard InChI is InChI=1S/C68H110O6/c1-4-7-10-13-16-19-22-25-28-30-32-33-34-35-36-38-40-43-46-49-52-55-58-61-67(70)73-64-65(63-72-66(69)60-57-54-51-48-45-42-39-27-24-21-18-15-12-9-6-3)74-68(71)62-59-56-53-50-47-44-41-37-31-29-26-23-20-17-14-11-8-5-2/h7,10,16,18-21,23,25,27-29,31-33,35-36,39-40,43,49,52,65H,4-6,8-9,11-15,17,22,24,26,30,34,37-38,41-42,44-48,50-51,53-64H2,1-3H3/b10-7-,19-16-,21-18-,23-20-,28-25-,31-29-,33-32-,36-35-,39-27-,43-40-,52-49-. The van der Waals surface area contributed by atoms with Gasteiger partial charge in [0.05, 0.1) is 0 Å². The van der Waals surface area contributed by atoms with Crippen LogP contribution in [0.1, 0.15) is 258 Å². The van der Waals surface area contributed by atoms with Crippen LogP contribution >= 0.6 is 0 Å². The topological polar surface area (TPSA) is 78.9 Å². The number of allylic oxidation sites excluding steroid dienone is 22. The van der Waals surface area contributed by atoms with E-state index in [1.165, 1.54) is 83.5 Å². The van der Waals surface area contributed by atoms with E-state index in [2.05, 4.69) is 154 Å². The van der Waals surface area contributed by atoms with Crippen molar-refractivity contribution >= 4 is 17.9 Å². The monoisotopic (exact) mass is 1020 g/mol. The van der Waals surface area contributed by atoms with Gasteiger partial charge in [0, 0.05) is 19.3 Å². The predicted octanol–water partition coefficient (Wildman–Crippen LogP) is 20.6. The fraction of sp³-hybridized carbons (Fsp3) is 0.632. The maximum absolute atomic E-state index is 12.9. The van der Waals surface area contributed by atoms with Crippen molar-refractivity contribution in [2.24, 2.45) is 0 Å². The summed E-state index contributed by atoms with van der Waals surface area (Å²) >= 11 is 0. The number of carbonyl (C=O) groups excluding carboxylic acids is 3. The molecular weight excluding hydrogens is 913 g/mol. The summed E-state index contributed by atoms with van der Waals surface area (Å²) in [6, 6.07) is 0. The van der Waals surface area contributed by atoms with Gasteiger partial charge in [-0.15, -0.1) is 0 Å². The molecule has 0 heterocycles. The van der Waals surface area contributed by atoms with Gasteiger partial charge in [-0.1, -0.05) is 238 Å². The van der Waals surface area contributed by atoms with Crippen molar-refractivity contribution in [3.63, 3.8) is 0 Å². The van der Waals surface area contributed by atoms with Gasteiger partial charge in [-0.2, -0.15) is 0 Å². The smallest absolute Gasteiger partial charge is 0.306 e. The summed E-state index contributed by atoms with van der Waals surface area (Å²) in [7, 11) is 0. The van der Waals surface area contributed by atoms with E-state index in [1.807, 2.05) is 0 Å². The van der Waals surface area contributed by atoms with Gasteiger partial charge in [0.15, 0.2) is 6.10 Å². The molecule has 0 rings (SSSR count). The minimum Gasteiger partial charge on any atom is -0.462 e. The average molecular weight is 1020 g/mol. The van der Waals surface area contributed by atoms with E-state index < -0.39 is 6.10 Å². The Morgan fingerprint density at radius 3 is 0.905 bits per heavy atom. The van der Waals surface area contributed by atoms with E-state index >= 15 is 0 Å². The molecule has 74 heavy (non-hydrogen) atoms. The highest BCUT2D eigenvalue weighted by Gasteiger charge is 2.19. The van der Waals surface area contributed by atoms with Crippen LogP contribution in [0.25, 0.3) is 0 Å². The molecule has 0 spiro atoms. The molecule has 0 aliphatic rings. The van der Waals surface area contributed by atoms with Crippen LogP contribution in [-0.2, 0) is 28.6 Å². The molecular formula is C68H110O6. The number of unbranched alkanes of at least 4 members (excludes halogenated alkanes) is 20. The second-order valence-corrected chi connectivity index (χ2v) is 19.5. The molecule has 0 fully saturated rings. The third-order valence-electron chi connectivity index (χ3n) is 12.4. The first-order valence-electron chi connectivity index (χ1n) is 30.2. The van der Waals surface area contributed by atoms with E-state index in [-0.39, 0.29) is 37.5 Å². The average Bonchev–Trinajstić information content (AvgIpc) is 3.40.